The van der Waals surface area contributed by atoms with E-state index in [0.29, 0.717) is 33.5 Å². The van der Waals surface area contributed by atoms with Gasteiger partial charge in [-0.05, 0) is 60.2 Å². The van der Waals surface area contributed by atoms with Crippen molar-refractivity contribution in [3.63, 3.8) is 0 Å². The zero-order valence-electron chi connectivity index (χ0n) is 20.8. The molecule has 8 heteroatoms. The largest absolute Gasteiger partial charge is 0.507 e. The average Bonchev–Trinajstić information content (AvgIpc) is 2.98. The number of pyridine rings is 2. The summed E-state index contributed by atoms with van der Waals surface area (Å²) < 4.78 is 0. The summed E-state index contributed by atoms with van der Waals surface area (Å²) in [6, 6.07) is 29.7. The minimum Gasteiger partial charge on any atom is -0.507 e. The zero-order chi connectivity index (χ0) is 27.2. The van der Waals surface area contributed by atoms with Crippen LogP contribution >= 0.6 is 0 Å². The molecule has 2 aromatic heterocycles. The summed E-state index contributed by atoms with van der Waals surface area (Å²) in [5, 5.41) is 16.2. The fraction of sp³-hybridized carbons (Fsp3) is 0.0323. The smallest absolute Gasteiger partial charge is 0.256 e. The van der Waals surface area contributed by atoms with Gasteiger partial charge in [0.05, 0.1) is 23.6 Å². The van der Waals surface area contributed by atoms with Crippen molar-refractivity contribution in [1.29, 1.82) is 0 Å². The summed E-state index contributed by atoms with van der Waals surface area (Å²) in [5.41, 5.74) is 10.5. The Morgan fingerprint density at radius 1 is 0.769 bits per heavy atom. The summed E-state index contributed by atoms with van der Waals surface area (Å²) in [7, 11) is 0. The Morgan fingerprint density at radius 3 is 2.28 bits per heavy atom. The van der Waals surface area contributed by atoms with E-state index in [1.807, 2.05) is 30.3 Å². The Morgan fingerprint density at radius 2 is 1.51 bits per heavy atom. The first kappa shape index (κ1) is 25.2. The van der Waals surface area contributed by atoms with Crippen molar-refractivity contribution in [3.05, 3.63) is 126 Å². The molecule has 0 unspecified atom stereocenters. The second-order valence-electron chi connectivity index (χ2n) is 8.74. The molecule has 3 aromatic carbocycles. The third kappa shape index (κ3) is 5.75. The highest BCUT2D eigenvalue weighted by Crippen LogP contribution is 2.37. The minimum absolute atomic E-state index is 0.0312. The van der Waals surface area contributed by atoms with Crippen LogP contribution in [0.2, 0.25) is 0 Å². The molecule has 0 fully saturated rings. The summed E-state index contributed by atoms with van der Waals surface area (Å²) >= 11 is 0. The second-order valence-corrected chi connectivity index (χ2v) is 8.74. The van der Waals surface area contributed by atoms with Crippen LogP contribution in [0.15, 0.2) is 109 Å². The summed E-state index contributed by atoms with van der Waals surface area (Å²) in [5.74, 6) is -0.472. The molecule has 0 radical (unpaired) electrons. The molecule has 0 saturated carbocycles. The number of phenols is 1. The molecule has 2 amide bonds. The van der Waals surface area contributed by atoms with Crippen LogP contribution in [0.25, 0.3) is 22.4 Å². The first-order chi connectivity index (χ1) is 19.0. The van der Waals surface area contributed by atoms with Gasteiger partial charge in [0.2, 0.25) is 0 Å². The molecule has 0 spiro atoms. The topological polar surface area (TPSA) is 130 Å². The number of benzene rings is 3. The number of anilines is 2. The van der Waals surface area contributed by atoms with E-state index in [-0.39, 0.29) is 35.6 Å². The van der Waals surface area contributed by atoms with E-state index < -0.39 is 0 Å². The summed E-state index contributed by atoms with van der Waals surface area (Å²) in [4.78, 5) is 34.7. The standard InChI is InChI=1S/C31H25N5O3/c32-28-25(21-11-8-12-22(17-21)30(38)34-19-23-13-6-7-16-33-23)18-26(24-14-4-5-15-27(24)37)35-29(28)36-31(39)20-9-2-1-3-10-20/h1-18,37H,19,32H2,(H,34,38)(H,35,36,39). The van der Waals surface area contributed by atoms with E-state index in [1.165, 1.54) is 0 Å². The van der Waals surface area contributed by atoms with Gasteiger partial charge in [-0.15, -0.1) is 0 Å². The van der Waals surface area contributed by atoms with Gasteiger partial charge in [0.1, 0.15) is 5.75 Å². The van der Waals surface area contributed by atoms with Crippen LogP contribution in [-0.2, 0) is 6.54 Å². The molecule has 5 rings (SSSR count). The highest BCUT2D eigenvalue weighted by Gasteiger charge is 2.18. The molecule has 192 valence electrons. The molecule has 5 N–H and O–H groups in total. The number of phenolic OH excluding ortho intramolecular Hbond substituents is 1. The van der Waals surface area contributed by atoms with E-state index >= 15 is 0 Å². The molecule has 39 heavy (non-hydrogen) atoms. The molecule has 8 nitrogen and oxygen atoms in total. The van der Waals surface area contributed by atoms with E-state index in [1.54, 1.807) is 79.0 Å². The predicted octanol–water partition coefficient (Wildman–Crippen LogP) is 5.28. The maximum absolute atomic E-state index is 12.9. The fourth-order valence-electron chi connectivity index (χ4n) is 4.09. The van der Waals surface area contributed by atoms with Crippen molar-refractivity contribution >= 4 is 23.3 Å². The first-order valence-electron chi connectivity index (χ1n) is 12.2. The quantitative estimate of drug-likeness (QED) is 0.233. The molecule has 0 aliphatic rings. The Labute approximate surface area is 225 Å². The number of aromatic nitrogens is 2. The van der Waals surface area contributed by atoms with Crippen molar-refractivity contribution in [2.75, 3.05) is 11.1 Å². The van der Waals surface area contributed by atoms with Crippen molar-refractivity contribution in [2.45, 2.75) is 6.54 Å². The average molecular weight is 516 g/mol. The number of carbonyl (C=O) groups is 2. The van der Waals surface area contributed by atoms with E-state index in [4.69, 9.17) is 5.73 Å². The highest BCUT2D eigenvalue weighted by atomic mass is 16.3. The van der Waals surface area contributed by atoms with Gasteiger partial charge >= 0.3 is 0 Å². The zero-order valence-corrected chi connectivity index (χ0v) is 20.8. The van der Waals surface area contributed by atoms with Gasteiger partial charge in [-0.2, -0.15) is 0 Å². The van der Waals surface area contributed by atoms with Crippen LogP contribution in [0.3, 0.4) is 0 Å². The molecule has 0 aliphatic carbocycles. The van der Waals surface area contributed by atoms with Crippen molar-refractivity contribution in [2.24, 2.45) is 0 Å². The summed E-state index contributed by atoms with van der Waals surface area (Å²) in [6.07, 6.45) is 1.67. The molecule has 0 bridgehead atoms. The number of aromatic hydroxyl groups is 1. The third-order valence-corrected chi connectivity index (χ3v) is 6.10. The number of nitrogens with one attached hydrogen (secondary N) is 2. The maximum atomic E-state index is 12.9. The van der Waals surface area contributed by atoms with E-state index in [0.717, 1.165) is 5.69 Å². The molecule has 2 heterocycles. The number of nitrogen functional groups attached to an aromatic ring is 1. The Bertz CT molecular complexity index is 1640. The Hall–Kier alpha value is -5.50. The number of nitrogens with two attached hydrogens (primary N) is 1. The second kappa shape index (κ2) is 11.3. The van der Waals surface area contributed by atoms with E-state index in [9.17, 15) is 14.7 Å². The van der Waals surface area contributed by atoms with Crippen LogP contribution in [-0.4, -0.2) is 26.9 Å². The van der Waals surface area contributed by atoms with Gasteiger partial charge in [-0.1, -0.05) is 48.5 Å². The number of para-hydroxylation sites is 1. The maximum Gasteiger partial charge on any atom is 0.256 e. The summed E-state index contributed by atoms with van der Waals surface area (Å²) in [6.45, 7) is 0.286. The monoisotopic (exact) mass is 515 g/mol. The molecule has 0 atom stereocenters. The normalized spacial score (nSPS) is 10.6. The lowest BCUT2D eigenvalue weighted by Gasteiger charge is -2.16. The fourth-order valence-corrected chi connectivity index (χ4v) is 4.09. The lowest BCUT2D eigenvalue weighted by Crippen LogP contribution is -2.23. The molecule has 0 aliphatic heterocycles. The molecule has 0 saturated heterocycles. The SMILES string of the molecule is Nc1c(-c2cccc(C(=O)NCc3ccccn3)c2)cc(-c2ccccc2O)nc1NC(=O)c1ccccc1. The van der Waals surface area contributed by atoms with Crippen LogP contribution in [0.5, 0.6) is 5.75 Å². The number of amides is 2. The van der Waals surface area contributed by atoms with E-state index in [2.05, 4.69) is 20.6 Å². The van der Waals surface area contributed by atoms with Gasteiger partial charge in [-0.3, -0.25) is 14.6 Å². The molecular weight excluding hydrogens is 490 g/mol. The van der Waals surface area contributed by atoms with Crippen LogP contribution < -0.4 is 16.4 Å². The van der Waals surface area contributed by atoms with Gasteiger partial charge in [0.15, 0.2) is 5.82 Å². The predicted molar refractivity (Wildman–Crippen MR) is 151 cm³/mol. The number of rotatable bonds is 7. The number of hydrogen-bond acceptors (Lipinski definition) is 6. The van der Waals surface area contributed by atoms with Gasteiger partial charge < -0.3 is 21.5 Å². The number of nitrogens with zero attached hydrogens (tertiary/aromatic N) is 2. The van der Waals surface area contributed by atoms with Crippen molar-refractivity contribution in [1.82, 2.24) is 15.3 Å². The van der Waals surface area contributed by atoms with Crippen molar-refractivity contribution in [3.8, 4) is 28.1 Å². The van der Waals surface area contributed by atoms with Crippen LogP contribution in [0.4, 0.5) is 11.5 Å². The lowest BCUT2D eigenvalue weighted by molar-refractivity contribution is 0.0949. The van der Waals surface area contributed by atoms with Gasteiger partial charge in [-0.25, -0.2) is 4.98 Å². The number of carbonyl (C=O) groups excluding carboxylic acids is 2. The third-order valence-electron chi connectivity index (χ3n) is 6.10. The Kier molecular flexibility index (Phi) is 7.27. The Balaban J connectivity index is 1.52. The van der Waals surface area contributed by atoms with Gasteiger partial charge in [0, 0.05) is 28.5 Å². The highest BCUT2D eigenvalue weighted by molar-refractivity contribution is 6.06. The minimum atomic E-state index is -0.377. The van der Waals surface area contributed by atoms with Crippen LogP contribution in [0.1, 0.15) is 26.4 Å². The van der Waals surface area contributed by atoms with Crippen LogP contribution in [0, 0.1) is 0 Å². The van der Waals surface area contributed by atoms with Gasteiger partial charge in [0.25, 0.3) is 11.8 Å². The lowest BCUT2D eigenvalue weighted by atomic mass is 9.99. The molecular formula is C31H25N5O3. The number of hydrogen-bond donors (Lipinski definition) is 4. The first-order valence-corrected chi connectivity index (χ1v) is 12.2. The van der Waals surface area contributed by atoms with Crippen molar-refractivity contribution < 1.29 is 14.7 Å². The molecule has 5 aromatic rings.